The maximum atomic E-state index is 12.1. The summed E-state index contributed by atoms with van der Waals surface area (Å²) in [7, 11) is -3.55. The maximum absolute atomic E-state index is 12.1. The lowest BCUT2D eigenvalue weighted by molar-refractivity contribution is 0.0272. The van der Waals surface area contributed by atoms with Crippen LogP contribution in [0.5, 0.6) is 0 Å². The van der Waals surface area contributed by atoms with Gasteiger partial charge >= 0.3 is 0 Å². The molecule has 1 saturated heterocycles. The number of morpholine rings is 1. The van der Waals surface area contributed by atoms with E-state index in [4.69, 9.17) is 4.74 Å². The van der Waals surface area contributed by atoms with Gasteiger partial charge in [0.2, 0.25) is 0 Å². The van der Waals surface area contributed by atoms with Crippen molar-refractivity contribution in [3.63, 3.8) is 0 Å². The van der Waals surface area contributed by atoms with Crippen molar-refractivity contribution >= 4 is 10.0 Å². The molecule has 17 heavy (non-hydrogen) atoms. The van der Waals surface area contributed by atoms with Gasteiger partial charge in [-0.05, 0) is 13.8 Å². The van der Waals surface area contributed by atoms with E-state index >= 15 is 0 Å². The fourth-order valence-corrected chi connectivity index (χ4v) is 3.30. The third kappa shape index (κ3) is 2.65. The molecule has 2 heterocycles. The van der Waals surface area contributed by atoms with Crippen LogP contribution in [0.25, 0.3) is 0 Å². The Kier molecular flexibility index (Phi) is 3.48. The molecule has 2 N–H and O–H groups in total. The van der Waals surface area contributed by atoms with Crippen molar-refractivity contribution in [1.82, 2.24) is 20.0 Å². The van der Waals surface area contributed by atoms with Gasteiger partial charge in [-0.15, -0.1) is 4.83 Å². The van der Waals surface area contributed by atoms with E-state index in [2.05, 4.69) is 15.0 Å². The molecule has 1 aromatic heterocycles. The molecule has 0 unspecified atom stereocenters. The van der Waals surface area contributed by atoms with Crippen LogP contribution < -0.4 is 4.83 Å². The molecule has 1 aliphatic heterocycles. The Morgan fingerprint density at radius 3 is 2.53 bits per heavy atom. The van der Waals surface area contributed by atoms with E-state index in [1.165, 1.54) is 0 Å². The van der Waals surface area contributed by atoms with Crippen molar-refractivity contribution in [2.75, 3.05) is 26.3 Å². The minimum absolute atomic E-state index is 0.226. The van der Waals surface area contributed by atoms with Gasteiger partial charge in [0.15, 0.2) is 0 Å². The molecule has 0 atom stereocenters. The quantitative estimate of drug-likeness (QED) is 0.769. The molecule has 1 aromatic rings. The highest BCUT2D eigenvalue weighted by Crippen LogP contribution is 2.16. The summed E-state index contributed by atoms with van der Waals surface area (Å²) in [6.45, 7) is 5.52. The number of hydrazine groups is 1. The second-order valence-corrected chi connectivity index (χ2v) is 5.55. The van der Waals surface area contributed by atoms with Crippen LogP contribution >= 0.6 is 0 Å². The number of aryl methyl sites for hydroxylation is 2. The van der Waals surface area contributed by atoms with Gasteiger partial charge in [0, 0.05) is 13.1 Å². The third-order valence-electron chi connectivity index (χ3n) is 2.59. The van der Waals surface area contributed by atoms with Crippen LogP contribution in [0.3, 0.4) is 0 Å². The summed E-state index contributed by atoms with van der Waals surface area (Å²) in [5.41, 5.74) is 1.02. The van der Waals surface area contributed by atoms with Crippen LogP contribution in [-0.4, -0.2) is 49.9 Å². The lowest BCUT2D eigenvalue weighted by Crippen LogP contribution is -2.48. The molecule has 1 aliphatic rings. The van der Waals surface area contributed by atoms with E-state index in [0.717, 1.165) is 0 Å². The molecule has 0 radical (unpaired) electrons. The standard InChI is InChI=1S/C9H16N4O3S/c1-7-9(8(2)11-10-7)17(14,15)12-13-3-5-16-6-4-13/h12H,3-6H2,1-2H3,(H,10,11). The van der Waals surface area contributed by atoms with Crippen LogP contribution in [0.1, 0.15) is 11.4 Å². The first-order valence-corrected chi connectivity index (χ1v) is 6.86. The summed E-state index contributed by atoms with van der Waals surface area (Å²) >= 11 is 0. The Morgan fingerprint density at radius 2 is 2.00 bits per heavy atom. The normalized spacial score (nSPS) is 18.5. The number of aromatic nitrogens is 2. The maximum Gasteiger partial charge on any atom is 0.257 e. The average Bonchev–Trinajstić information content (AvgIpc) is 2.59. The smallest absolute Gasteiger partial charge is 0.257 e. The lowest BCUT2D eigenvalue weighted by atomic mass is 10.4. The summed E-state index contributed by atoms with van der Waals surface area (Å²) in [5.74, 6) is 0. The van der Waals surface area contributed by atoms with E-state index in [1.807, 2.05) is 0 Å². The average molecular weight is 260 g/mol. The van der Waals surface area contributed by atoms with Gasteiger partial charge in [0.05, 0.1) is 24.6 Å². The third-order valence-corrected chi connectivity index (χ3v) is 4.23. The van der Waals surface area contributed by atoms with Crippen LogP contribution in [0, 0.1) is 13.8 Å². The monoisotopic (exact) mass is 260 g/mol. The van der Waals surface area contributed by atoms with Crippen molar-refractivity contribution < 1.29 is 13.2 Å². The highest BCUT2D eigenvalue weighted by Gasteiger charge is 2.25. The number of nitrogens with zero attached hydrogens (tertiary/aromatic N) is 2. The fourth-order valence-electron chi connectivity index (χ4n) is 1.81. The summed E-state index contributed by atoms with van der Waals surface area (Å²) in [5, 5.41) is 8.20. The summed E-state index contributed by atoms with van der Waals surface area (Å²) in [6.07, 6.45) is 0. The molecule has 2 rings (SSSR count). The topological polar surface area (TPSA) is 87.3 Å². The molecule has 0 aliphatic carbocycles. The number of hydrogen-bond donors (Lipinski definition) is 2. The number of aromatic amines is 1. The number of H-pyrrole nitrogens is 1. The SMILES string of the molecule is Cc1n[nH]c(C)c1S(=O)(=O)NN1CCOCC1. The molecule has 0 amide bonds. The Hall–Kier alpha value is -0.960. The summed E-state index contributed by atoms with van der Waals surface area (Å²) in [4.78, 5) is 2.77. The first kappa shape index (κ1) is 12.5. The first-order chi connectivity index (χ1) is 8.00. The Bertz CT molecular complexity index is 471. The van der Waals surface area contributed by atoms with Crippen molar-refractivity contribution in [2.24, 2.45) is 0 Å². The van der Waals surface area contributed by atoms with E-state index < -0.39 is 10.0 Å². The minimum Gasteiger partial charge on any atom is -0.379 e. The van der Waals surface area contributed by atoms with Crippen molar-refractivity contribution in [1.29, 1.82) is 0 Å². The Labute approximate surface area is 100 Å². The minimum atomic E-state index is -3.55. The zero-order chi connectivity index (χ0) is 12.5. The molecule has 0 saturated carbocycles. The van der Waals surface area contributed by atoms with Crippen molar-refractivity contribution in [3.05, 3.63) is 11.4 Å². The van der Waals surface area contributed by atoms with Crippen molar-refractivity contribution in [2.45, 2.75) is 18.7 Å². The predicted octanol–water partition coefficient (Wildman–Crippen LogP) is -0.448. The fraction of sp³-hybridized carbons (Fsp3) is 0.667. The van der Waals surface area contributed by atoms with Crippen LogP contribution in [0.15, 0.2) is 4.90 Å². The Morgan fingerprint density at radius 1 is 1.35 bits per heavy atom. The van der Waals surface area contributed by atoms with E-state index in [0.29, 0.717) is 37.7 Å². The number of rotatable bonds is 3. The predicted molar refractivity (Wildman–Crippen MR) is 60.8 cm³/mol. The van der Waals surface area contributed by atoms with Gasteiger partial charge in [0.1, 0.15) is 4.90 Å². The van der Waals surface area contributed by atoms with E-state index in [-0.39, 0.29) is 4.90 Å². The first-order valence-electron chi connectivity index (χ1n) is 5.37. The molecule has 0 aromatic carbocycles. The molecule has 96 valence electrons. The van der Waals surface area contributed by atoms with Crippen molar-refractivity contribution in [3.8, 4) is 0 Å². The summed E-state index contributed by atoms with van der Waals surface area (Å²) in [6, 6.07) is 0. The van der Waals surface area contributed by atoms with Gasteiger partial charge in [0.25, 0.3) is 10.0 Å². The lowest BCUT2D eigenvalue weighted by Gasteiger charge is -2.26. The largest absolute Gasteiger partial charge is 0.379 e. The number of ether oxygens (including phenoxy) is 1. The van der Waals surface area contributed by atoms with Gasteiger partial charge in [-0.1, -0.05) is 0 Å². The molecule has 8 heteroatoms. The second kappa shape index (κ2) is 4.73. The van der Waals surface area contributed by atoms with Crippen LogP contribution in [0.2, 0.25) is 0 Å². The van der Waals surface area contributed by atoms with Gasteiger partial charge in [-0.25, -0.2) is 13.4 Å². The zero-order valence-electron chi connectivity index (χ0n) is 9.86. The molecular formula is C9H16N4O3S. The van der Waals surface area contributed by atoms with E-state index in [1.54, 1.807) is 18.9 Å². The molecule has 1 fully saturated rings. The molecule has 0 spiro atoms. The molecule has 0 bridgehead atoms. The van der Waals surface area contributed by atoms with Gasteiger partial charge in [-0.2, -0.15) is 5.10 Å². The molecular weight excluding hydrogens is 244 g/mol. The zero-order valence-corrected chi connectivity index (χ0v) is 10.7. The highest BCUT2D eigenvalue weighted by atomic mass is 32.2. The van der Waals surface area contributed by atoms with E-state index in [9.17, 15) is 8.42 Å². The second-order valence-electron chi connectivity index (χ2n) is 3.96. The van der Waals surface area contributed by atoms with Gasteiger partial charge in [-0.3, -0.25) is 5.10 Å². The van der Waals surface area contributed by atoms with Gasteiger partial charge < -0.3 is 4.74 Å². The highest BCUT2D eigenvalue weighted by molar-refractivity contribution is 7.89. The number of nitrogens with one attached hydrogen (secondary N) is 2. The Balaban J connectivity index is 2.19. The summed E-state index contributed by atoms with van der Waals surface area (Å²) < 4.78 is 29.5. The number of sulfonamides is 1. The van der Waals surface area contributed by atoms with Crippen LogP contribution in [-0.2, 0) is 14.8 Å². The molecule has 7 nitrogen and oxygen atoms in total. The number of hydrogen-bond acceptors (Lipinski definition) is 5. The van der Waals surface area contributed by atoms with Crippen LogP contribution in [0.4, 0.5) is 0 Å².